The molecule has 0 radical (unpaired) electrons. The molecular weight excluding hydrogens is 330 g/mol. The zero-order valence-corrected chi connectivity index (χ0v) is 15.1. The second kappa shape index (κ2) is 8.83. The summed E-state index contributed by atoms with van der Waals surface area (Å²) in [6, 6.07) is 6.94. The van der Waals surface area contributed by atoms with E-state index in [1.807, 2.05) is 0 Å². The van der Waals surface area contributed by atoms with Crippen molar-refractivity contribution < 1.29 is 4.79 Å². The third kappa shape index (κ3) is 4.62. The van der Waals surface area contributed by atoms with E-state index < -0.39 is 11.2 Å². The van der Waals surface area contributed by atoms with Crippen LogP contribution in [0.3, 0.4) is 0 Å². The van der Waals surface area contributed by atoms with Gasteiger partial charge < -0.3 is 5.32 Å². The molecule has 6 nitrogen and oxygen atoms in total. The molecule has 6 heteroatoms. The lowest BCUT2D eigenvalue weighted by atomic mass is 9.86. The van der Waals surface area contributed by atoms with Gasteiger partial charge in [0.05, 0.1) is 10.9 Å². The van der Waals surface area contributed by atoms with Crippen molar-refractivity contribution in [2.24, 2.45) is 5.92 Å². The lowest BCUT2D eigenvalue weighted by Crippen LogP contribution is -2.32. The molecule has 2 N–H and O–H groups in total. The number of nitrogens with zero attached hydrogens (tertiary/aromatic N) is 1. The highest BCUT2D eigenvalue weighted by Gasteiger charge is 2.13. The average Bonchev–Trinajstić information content (AvgIpc) is 2.66. The van der Waals surface area contributed by atoms with Gasteiger partial charge in [0.2, 0.25) is 5.91 Å². The monoisotopic (exact) mass is 357 g/mol. The minimum atomic E-state index is -0.473. The fourth-order valence-corrected chi connectivity index (χ4v) is 3.86. The molecule has 1 saturated carbocycles. The van der Waals surface area contributed by atoms with Gasteiger partial charge in [-0.15, -0.1) is 0 Å². The van der Waals surface area contributed by atoms with Crippen molar-refractivity contribution in [3.8, 4) is 0 Å². The number of amides is 1. The largest absolute Gasteiger partial charge is 0.356 e. The first-order valence-electron chi connectivity index (χ1n) is 9.64. The third-order valence-electron chi connectivity index (χ3n) is 5.30. The van der Waals surface area contributed by atoms with Crippen molar-refractivity contribution in [3.63, 3.8) is 0 Å². The summed E-state index contributed by atoms with van der Waals surface area (Å²) in [5.74, 6) is 0.766. The Morgan fingerprint density at radius 1 is 1.15 bits per heavy atom. The minimum Gasteiger partial charge on any atom is -0.356 e. The second-order valence-corrected chi connectivity index (χ2v) is 7.17. The maximum atomic E-state index is 12.1. The van der Waals surface area contributed by atoms with Crippen LogP contribution in [-0.4, -0.2) is 22.0 Å². The summed E-state index contributed by atoms with van der Waals surface area (Å²) in [5, 5.41) is 3.40. The number of aromatic nitrogens is 2. The van der Waals surface area contributed by atoms with Crippen molar-refractivity contribution >= 4 is 16.8 Å². The molecule has 0 atom stereocenters. The number of H-pyrrole nitrogens is 1. The van der Waals surface area contributed by atoms with Crippen LogP contribution in [0.15, 0.2) is 33.9 Å². The molecule has 1 aliphatic carbocycles. The lowest BCUT2D eigenvalue weighted by molar-refractivity contribution is -0.121. The Bertz CT molecular complexity index is 862. The van der Waals surface area contributed by atoms with E-state index in [-0.39, 0.29) is 18.9 Å². The Balaban J connectivity index is 1.49. The minimum absolute atomic E-state index is 0.0594. The number of rotatable bonds is 7. The predicted octanol–water partition coefficient (Wildman–Crippen LogP) is 2.56. The summed E-state index contributed by atoms with van der Waals surface area (Å²) < 4.78 is 1.46. The van der Waals surface area contributed by atoms with Crippen LogP contribution < -0.4 is 16.6 Å². The van der Waals surface area contributed by atoms with Gasteiger partial charge in [0, 0.05) is 19.5 Å². The molecule has 1 fully saturated rings. The van der Waals surface area contributed by atoms with Gasteiger partial charge in [-0.3, -0.25) is 19.1 Å². The zero-order chi connectivity index (χ0) is 18.4. The number of aryl methyl sites for hydroxylation is 1. The molecule has 3 rings (SSSR count). The maximum Gasteiger partial charge on any atom is 0.328 e. The second-order valence-electron chi connectivity index (χ2n) is 7.17. The number of hydrogen-bond acceptors (Lipinski definition) is 3. The number of benzene rings is 1. The van der Waals surface area contributed by atoms with Crippen LogP contribution in [0.2, 0.25) is 0 Å². The summed E-state index contributed by atoms with van der Waals surface area (Å²) in [6.07, 6.45) is 9.14. The van der Waals surface area contributed by atoms with E-state index in [2.05, 4.69) is 10.3 Å². The molecule has 1 aromatic carbocycles. The fourth-order valence-electron chi connectivity index (χ4n) is 3.86. The van der Waals surface area contributed by atoms with E-state index in [1.54, 1.807) is 24.3 Å². The summed E-state index contributed by atoms with van der Waals surface area (Å²) >= 11 is 0. The Morgan fingerprint density at radius 3 is 2.73 bits per heavy atom. The van der Waals surface area contributed by atoms with Crippen LogP contribution in [0.5, 0.6) is 0 Å². The Labute approximate surface area is 152 Å². The number of carbonyl (C=O) groups is 1. The van der Waals surface area contributed by atoms with Gasteiger partial charge in [-0.05, 0) is 30.9 Å². The van der Waals surface area contributed by atoms with Crippen LogP contribution in [-0.2, 0) is 11.3 Å². The lowest BCUT2D eigenvalue weighted by Gasteiger charge is -2.21. The van der Waals surface area contributed by atoms with Crippen molar-refractivity contribution in [3.05, 3.63) is 45.1 Å². The molecule has 1 amide bonds. The standard InChI is InChI=1S/C20H27N3O3/c24-18(21-13-6-9-15-7-2-1-3-8-15)12-14-23-17-11-5-4-10-16(17)19(25)22-20(23)26/h4-5,10-11,15H,1-3,6-9,12-14H2,(H,21,24)(H,22,25,26). The predicted molar refractivity (Wildman–Crippen MR) is 102 cm³/mol. The van der Waals surface area contributed by atoms with Crippen molar-refractivity contribution in [1.82, 2.24) is 14.9 Å². The molecule has 1 aromatic heterocycles. The van der Waals surface area contributed by atoms with Crippen LogP contribution in [0, 0.1) is 5.92 Å². The molecule has 0 bridgehead atoms. The quantitative estimate of drug-likeness (QED) is 0.747. The molecule has 2 aromatic rings. The summed E-state index contributed by atoms with van der Waals surface area (Å²) in [6.45, 7) is 0.946. The Hall–Kier alpha value is -2.37. The molecule has 0 spiro atoms. The molecule has 0 saturated heterocycles. The normalized spacial score (nSPS) is 15.2. The molecule has 1 aliphatic rings. The maximum absolute atomic E-state index is 12.1. The zero-order valence-electron chi connectivity index (χ0n) is 15.1. The molecule has 0 unspecified atom stereocenters. The van der Waals surface area contributed by atoms with E-state index in [1.165, 1.54) is 43.1 Å². The first-order valence-corrected chi connectivity index (χ1v) is 9.64. The van der Waals surface area contributed by atoms with Gasteiger partial charge in [0.1, 0.15) is 0 Å². The molecule has 140 valence electrons. The first-order chi connectivity index (χ1) is 12.6. The third-order valence-corrected chi connectivity index (χ3v) is 5.30. The Kier molecular flexibility index (Phi) is 6.26. The van der Waals surface area contributed by atoms with Gasteiger partial charge in [-0.25, -0.2) is 4.79 Å². The van der Waals surface area contributed by atoms with E-state index in [4.69, 9.17) is 0 Å². The number of carbonyl (C=O) groups excluding carboxylic acids is 1. The summed E-state index contributed by atoms with van der Waals surface area (Å²) in [5.41, 5.74) is -0.306. The number of para-hydroxylation sites is 1. The van der Waals surface area contributed by atoms with E-state index in [0.29, 0.717) is 17.4 Å². The van der Waals surface area contributed by atoms with Crippen molar-refractivity contribution in [2.45, 2.75) is 57.9 Å². The fraction of sp³-hybridized carbons (Fsp3) is 0.550. The van der Waals surface area contributed by atoms with E-state index in [0.717, 1.165) is 12.3 Å². The van der Waals surface area contributed by atoms with Gasteiger partial charge >= 0.3 is 5.69 Å². The van der Waals surface area contributed by atoms with E-state index >= 15 is 0 Å². The average molecular weight is 357 g/mol. The highest BCUT2D eigenvalue weighted by Crippen LogP contribution is 2.26. The van der Waals surface area contributed by atoms with Crippen LogP contribution in [0.25, 0.3) is 10.9 Å². The molecule has 26 heavy (non-hydrogen) atoms. The van der Waals surface area contributed by atoms with Crippen LogP contribution in [0.4, 0.5) is 0 Å². The number of nitrogens with one attached hydrogen (secondary N) is 2. The summed E-state index contributed by atoms with van der Waals surface area (Å²) in [7, 11) is 0. The molecule has 0 aliphatic heterocycles. The smallest absolute Gasteiger partial charge is 0.328 e. The van der Waals surface area contributed by atoms with Crippen molar-refractivity contribution in [2.75, 3.05) is 6.54 Å². The van der Waals surface area contributed by atoms with Gasteiger partial charge in [0.25, 0.3) is 5.56 Å². The number of aromatic amines is 1. The van der Waals surface area contributed by atoms with Gasteiger partial charge in [-0.1, -0.05) is 44.2 Å². The van der Waals surface area contributed by atoms with Crippen molar-refractivity contribution in [1.29, 1.82) is 0 Å². The van der Waals surface area contributed by atoms with Crippen LogP contribution in [0.1, 0.15) is 51.4 Å². The number of hydrogen-bond donors (Lipinski definition) is 2. The topological polar surface area (TPSA) is 84.0 Å². The summed E-state index contributed by atoms with van der Waals surface area (Å²) in [4.78, 5) is 38.3. The van der Waals surface area contributed by atoms with Gasteiger partial charge in [-0.2, -0.15) is 0 Å². The first kappa shape index (κ1) is 18.4. The van der Waals surface area contributed by atoms with E-state index in [9.17, 15) is 14.4 Å². The molecular formula is C20H27N3O3. The number of fused-ring (bicyclic) bond motifs is 1. The van der Waals surface area contributed by atoms with Crippen LogP contribution >= 0.6 is 0 Å². The SMILES string of the molecule is O=C(CCn1c(=O)[nH]c(=O)c2ccccc21)NCCCC1CCCCC1. The van der Waals surface area contributed by atoms with Gasteiger partial charge in [0.15, 0.2) is 0 Å². The highest BCUT2D eigenvalue weighted by molar-refractivity contribution is 5.78. The molecule has 1 heterocycles. The Morgan fingerprint density at radius 2 is 1.92 bits per heavy atom. The highest BCUT2D eigenvalue weighted by atomic mass is 16.2.